The third kappa shape index (κ3) is 3.64. The van der Waals surface area contributed by atoms with E-state index in [9.17, 15) is 8.78 Å². The molecule has 1 unspecified atom stereocenters. The number of hydrogen-bond acceptors (Lipinski definition) is 3. The van der Waals surface area contributed by atoms with Gasteiger partial charge in [0.25, 0.3) is 0 Å². The van der Waals surface area contributed by atoms with E-state index in [4.69, 9.17) is 0 Å². The molecule has 1 aliphatic heterocycles. The molecular formula is C15H22F2N2S. The highest BCUT2D eigenvalue weighted by Crippen LogP contribution is 2.30. The van der Waals surface area contributed by atoms with Crippen molar-refractivity contribution in [1.82, 2.24) is 5.32 Å². The molecule has 0 saturated carbocycles. The molecular weight excluding hydrogens is 278 g/mol. The zero-order valence-corrected chi connectivity index (χ0v) is 12.9. The maximum atomic E-state index is 14.3. The first-order valence-electron chi connectivity index (χ1n) is 7.16. The number of hydrogen-bond donors (Lipinski definition) is 1. The molecule has 1 heterocycles. The van der Waals surface area contributed by atoms with Crippen LogP contribution in [0, 0.1) is 11.6 Å². The van der Waals surface area contributed by atoms with Crippen LogP contribution < -0.4 is 10.2 Å². The van der Waals surface area contributed by atoms with E-state index in [0.29, 0.717) is 18.7 Å². The first-order valence-corrected chi connectivity index (χ1v) is 8.32. The molecule has 1 atom stereocenters. The highest BCUT2D eigenvalue weighted by Gasteiger charge is 2.25. The monoisotopic (exact) mass is 300 g/mol. The van der Waals surface area contributed by atoms with Crippen molar-refractivity contribution in [3.05, 3.63) is 29.3 Å². The molecule has 0 bridgehead atoms. The summed E-state index contributed by atoms with van der Waals surface area (Å²) in [6, 6.07) is 3.08. The van der Waals surface area contributed by atoms with E-state index in [1.165, 1.54) is 12.1 Å². The first-order chi connectivity index (χ1) is 9.63. The van der Waals surface area contributed by atoms with E-state index in [-0.39, 0.29) is 11.7 Å². The Morgan fingerprint density at radius 2 is 2.05 bits per heavy atom. The van der Waals surface area contributed by atoms with Crippen molar-refractivity contribution in [1.29, 1.82) is 0 Å². The highest BCUT2D eigenvalue weighted by molar-refractivity contribution is 7.99. The zero-order valence-electron chi connectivity index (χ0n) is 12.1. The molecule has 20 heavy (non-hydrogen) atoms. The molecule has 1 aromatic carbocycles. The molecule has 2 rings (SSSR count). The minimum Gasteiger partial charge on any atom is -0.362 e. The second kappa shape index (κ2) is 7.27. The molecule has 1 saturated heterocycles. The number of thioether (sulfide) groups is 1. The summed E-state index contributed by atoms with van der Waals surface area (Å²) in [5.41, 5.74) is 0.799. The predicted molar refractivity (Wildman–Crippen MR) is 82.5 cm³/mol. The summed E-state index contributed by atoms with van der Waals surface area (Å²) in [6.07, 6.45) is 1.01. The van der Waals surface area contributed by atoms with Crippen molar-refractivity contribution >= 4 is 17.4 Å². The lowest BCUT2D eigenvalue weighted by Gasteiger charge is -2.35. The quantitative estimate of drug-likeness (QED) is 0.839. The fourth-order valence-corrected chi connectivity index (χ4v) is 3.48. The largest absolute Gasteiger partial charge is 0.362 e. The Balaban J connectivity index is 2.17. The Kier molecular flexibility index (Phi) is 5.66. The van der Waals surface area contributed by atoms with Gasteiger partial charge in [-0.3, -0.25) is 0 Å². The maximum Gasteiger partial charge on any atom is 0.149 e. The zero-order chi connectivity index (χ0) is 14.5. The number of nitrogens with one attached hydrogen (secondary N) is 1. The van der Waals surface area contributed by atoms with Gasteiger partial charge in [0.05, 0.1) is 0 Å². The lowest BCUT2D eigenvalue weighted by atomic mass is 10.1. The molecule has 0 amide bonds. The van der Waals surface area contributed by atoms with Crippen molar-refractivity contribution in [2.45, 2.75) is 32.9 Å². The van der Waals surface area contributed by atoms with E-state index in [1.54, 1.807) is 0 Å². The van der Waals surface area contributed by atoms with Crippen LogP contribution in [0.4, 0.5) is 14.5 Å². The second-order valence-corrected chi connectivity index (χ2v) is 6.35. The van der Waals surface area contributed by atoms with Crippen LogP contribution in [0.25, 0.3) is 0 Å². The lowest BCUT2D eigenvalue weighted by molar-refractivity contribution is 0.552. The summed E-state index contributed by atoms with van der Waals surface area (Å²) in [5, 5.41) is 3.16. The summed E-state index contributed by atoms with van der Waals surface area (Å²) in [4.78, 5) is 1.85. The van der Waals surface area contributed by atoms with Crippen molar-refractivity contribution in [3.63, 3.8) is 0 Å². The topological polar surface area (TPSA) is 15.3 Å². The first kappa shape index (κ1) is 15.6. The Labute approximate surface area is 123 Å². The van der Waals surface area contributed by atoms with Gasteiger partial charge in [-0.1, -0.05) is 6.92 Å². The van der Waals surface area contributed by atoms with E-state index >= 15 is 0 Å². The van der Waals surface area contributed by atoms with Gasteiger partial charge in [-0.05, 0) is 37.6 Å². The van der Waals surface area contributed by atoms with Crippen molar-refractivity contribution in [3.8, 4) is 0 Å². The van der Waals surface area contributed by atoms with Gasteiger partial charge in [-0.15, -0.1) is 0 Å². The third-order valence-corrected chi connectivity index (χ3v) is 4.68. The Morgan fingerprint density at radius 3 is 2.65 bits per heavy atom. The van der Waals surface area contributed by atoms with Gasteiger partial charge in [-0.2, -0.15) is 11.8 Å². The van der Waals surface area contributed by atoms with E-state index in [1.807, 2.05) is 23.6 Å². The van der Waals surface area contributed by atoms with Crippen molar-refractivity contribution in [2.75, 3.05) is 29.5 Å². The summed E-state index contributed by atoms with van der Waals surface area (Å²) >= 11 is 1.83. The molecule has 0 aliphatic carbocycles. The Hall–Kier alpha value is -0.810. The average molecular weight is 300 g/mol. The standard InChI is InChI=1S/C15H22F2N2S/c1-3-4-18-9-12-7-13(16)15(14(17)8-12)19-5-6-20-10-11(19)2/h7-8,11,18H,3-6,9-10H2,1-2H3. The van der Waals surface area contributed by atoms with Gasteiger partial charge in [0.2, 0.25) is 0 Å². The molecule has 2 nitrogen and oxygen atoms in total. The van der Waals surface area contributed by atoms with E-state index in [0.717, 1.165) is 24.5 Å². The molecule has 112 valence electrons. The van der Waals surface area contributed by atoms with Gasteiger partial charge < -0.3 is 10.2 Å². The maximum absolute atomic E-state index is 14.3. The van der Waals surface area contributed by atoms with Gasteiger partial charge in [0.15, 0.2) is 0 Å². The van der Waals surface area contributed by atoms with Crippen LogP contribution in [-0.2, 0) is 6.54 Å². The number of halogens is 2. The number of anilines is 1. The molecule has 0 aromatic heterocycles. The normalized spacial score (nSPS) is 19.4. The summed E-state index contributed by atoms with van der Waals surface area (Å²) in [6.45, 7) is 6.14. The van der Waals surface area contributed by atoms with Gasteiger partial charge in [0.1, 0.15) is 17.3 Å². The SMILES string of the molecule is CCCNCc1cc(F)c(N2CCSCC2C)c(F)c1. The molecule has 0 spiro atoms. The third-order valence-electron chi connectivity index (χ3n) is 3.49. The van der Waals surface area contributed by atoms with Crippen molar-refractivity contribution < 1.29 is 8.78 Å². The molecule has 5 heteroatoms. The second-order valence-electron chi connectivity index (χ2n) is 5.20. The van der Waals surface area contributed by atoms with Crippen LogP contribution in [0.1, 0.15) is 25.8 Å². The fourth-order valence-electron chi connectivity index (χ4n) is 2.46. The van der Waals surface area contributed by atoms with Crippen LogP contribution in [-0.4, -0.2) is 30.6 Å². The Bertz CT molecular complexity index is 430. The van der Waals surface area contributed by atoms with Crippen LogP contribution in [0.2, 0.25) is 0 Å². The number of benzene rings is 1. The van der Waals surface area contributed by atoms with Gasteiger partial charge in [0, 0.05) is 30.6 Å². The molecule has 0 radical (unpaired) electrons. The minimum absolute atomic E-state index is 0.136. The van der Waals surface area contributed by atoms with Crippen LogP contribution in [0.3, 0.4) is 0 Å². The molecule has 1 fully saturated rings. The number of rotatable bonds is 5. The lowest BCUT2D eigenvalue weighted by Crippen LogP contribution is -2.41. The van der Waals surface area contributed by atoms with Crippen LogP contribution in [0.15, 0.2) is 12.1 Å². The summed E-state index contributed by atoms with van der Waals surface area (Å²) < 4.78 is 28.5. The molecule has 1 aromatic rings. The number of nitrogens with zero attached hydrogens (tertiary/aromatic N) is 1. The molecule has 1 aliphatic rings. The summed E-state index contributed by atoms with van der Waals surface area (Å²) in [7, 11) is 0. The minimum atomic E-state index is -0.447. The highest BCUT2D eigenvalue weighted by atomic mass is 32.2. The van der Waals surface area contributed by atoms with Gasteiger partial charge >= 0.3 is 0 Å². The predicted octanol–water partition coefficient (Wildman–Crippen LogP) is 3.41. The van der Waals surface area contributed by atoms with Crippen molar-refractivity contribution in [2.24, 2.45) is 0 Å². The van der Waals surface area contributed by atoms with Crippen LogP contribution in [0.5, 0.6) is 0 Å². The van der Waals surface area contributed by atoms with Crippen LogP contribution >= 0.6 is 11.8 Å². The fraction of sp³-hybridized carbons (Fsp3) is 0.600. The van der Waals surface area contributed by atoms with E-state index in [2.05, 4.69) is 12.2 Å². The summed E-state index contributed by atoms with van der Waals surface area (Å²) in [5.74, 6) is 0.941. The van der Waals surface area contributed by atoms with E-state index < -0.39 is 11.6 Å². The van der Waals surface area contributed by atoms with Gasteiger partial charge in [-0.25, -0.2) is 8.78 Å². The Morgan fingerprint density at radius 1 is 1.35 bits per heavy atom. The molecule has 1 N–H and O–H groups in total. The smallest absolute Gasteiger partial charge is 0.149 e. The average Bonchev–Trinajstić information content (AvgIpc) is 2.40.